The van der Waals surface area contributed by atoms with Gasteiger partial charge in [-0.05, 0) is 19.1 Å². The Bertz CT molecular complexity index is 533. The second kappa shape index (κ2) is 5.89. The minimum Gasteiger partial charge on any atom is -0.357 e. The molecule has 0 fully saturated rings. The third-order valence-electron chi connectivity index (χ3n) is 2.39. The van der Waals surface area contributed by atoms with Crippen molar-refractivity contribution in [1.82, 2.24) is 10.6 Å². The summed E-state index contributed by atoms with van der Waals surface area (Å²) in [6.07, 6.45) is 0. The summed E-state index contributed by atoms with van der Waals surface area (Å²) >= 11 is 0. The van der Waals surface area contributed by atoms with E-state index in [1.54, 1.807) is 0 Å². The number of nitrogens with zero attached hydrogens (tertiary/aromatic N) is 1. The molecule has 19 heavy (non-hydrogen) atoms. The van der Waals surface area contributed by atoms with E-state index < -0.39 is 39.8 Å². The zero-order valence-corrected chi connectivity index (χ0v) is 10.3. The molecule has 1 aromatic rings. The number of carbonyl (C=O) groups is 2. The van der Waals surface area contributed by atoms with Crippen molar-refractivity contribution in [2.24, 2.45) is 0 Å². The van der Waals surface area contributed by atoms with Gasteiger partial charge in [0, 0.05) is 13.1 Å². The molecular formula is C11H12FN3O4. The van der Waals surface area contributed by atoms with Gasteiger partial charge in [-0.15, -0.1) is 0 Å². The van der Waals surface area contributed by atoms with Crippen LogP contribution in [0.3, 0.4) is 0 Å². The number of halogens is 1. The van der Waals surface area contributed by atoms with Gasteiger partial charge >= 0.3 is 0 Å². The summed E-state index contributed by atoms with van der Waals surface area (Å²) in [5.41, 5.74) is -0.955. The van der Waals surface area contributed by atoms with E-state index >= 15 is 0 Å². The van der Waals surface area contributed by atoms with E-state index in [9.17, 15) is 24.1 Å². The van der Waals surface area contributed by atoms with Gasteiger partial charge in [0.25, 0.3) is 11.6 Å². The number of nitro benzene ring substituents is 1. The molecule has 7 nitrogen and oxygen atoms in total. The van der Waals surface area contributed by atoms with Crippen LogP contribution in [0.1, 0.15) is 17.3 Å². The summed E-state index contributed by atoms with van der Waals surface area (Å²) in [6.45, 7) is 1.40. The molecule has 0 aliphatic rings. The Morgan fingerprint density at radius 2 is 2.05 bits per heavy atom. The lowest BCUT2D eigenvalue weighted by atomic mass is 10.1. The molecule has 0 saturated carbocycles. The molecule has 102 valence electrons. The summed E-state index contributed by atoms with van der Waals surface area (Å²) in [7, 11) is 1.38. The topological polar surface area (TPSA) is 101 Å². The molecule has 0 aliphatic heterocycles. The number of amides is 2. The quantitative estimate of drug-likeness (QED) is 0.617. The van der Waals surface area contributed by atoms with Gasteiger partial charge in [-0.2, -0.15) is 0 Å². The Labute approximate surface area is 107 Å². The van der Waals surface area contributed by atoms with Gasteiger partial charge in [0.2, 0.25) is 5.91 Å². The standard InChI is InChI=1S/C11H12FN3O4/c1-6(10(16)13-2)14-11(17)8-5-7(12)3-4-9(8)15(18)19/h3-6H,1-2H3,(H,13,16)(H,14,17). The lowest BCUT2D eigenvalue weighted by molar-refractivity contribution is -0.385. The first-order valence-corrected chi connectivity index (χ1v) is 5.33. The molecule has 1 atom stereocenters. The average molecular weight is 269 g/mol. The minimum absolute atomic E-state index is 0.430. The SMILES string of the molecule is CNC(=O)C(C)NC(=O)c1cc(F)ccc1[N+](=O)[O-]. The summed E-state index contributed by atoms with van der Waals surface area (Å²) in [6, 6.07) is 1.65. The Morgan fingerprint density at radius 3 is 2.58 bits per heavy atom. The lowest BCUT2D eigenvalue weighted by Gasteiger charge is -2.12. The van der Waals surface area contributed by atoms with Crippen molar-refractivity contribution in [3.05, 3.63) is 39.7 Å². The minimum atomic E-state index is -0.889. The number of nitro groups is 1. The molecule has 8 heteroatoms. The molecule has 0 aromatic heterocycles. The molecule has 1 aromatic carbocycles. The number of likely N-dealkylation sites (N-methyl/N-ethyl adjacent to an activating group) is 1. The molecule has 0 spiro atoms. The van der Waals surface area contributed by atoms with Crippen molar-refractivity contribution in [3.8, 4) is 0 Å². The van der Waals surface area contributed by atoms with E-state index in [-0.39, 0.29) is 0 Å². The fraction of sp³-hybridized carbons (Fsp3) is 0.273. The van der Waals surface area contributed by atoms with Crippen molar-refractivity contribution in [2.75, 3.05) is 7.05 Å². The van der Waals surface area contributed by atoms with Crippen LogP contribution in [-0.4, -0.2) is 29.8 Å². The van der Waals surface area contributed by atoms with Crippen LogP contribution in [0.5, 0.6) is 0 Å². The fourth-order valence-electron chi connectivity index (χ4n) is 1.41. The molecule has 0 saturated heterocycles. The van der Waals surface area contributed by atoms with Crippen LogP contribution in [0.4, 0.5) is 10.1 Å². The number of hydrogen-bond donors (Lipinski definition) is 2. The van der Waals surface area contributed by atoms with Gasteiger partial charge in [0.05, 0.1) is 4.92 Å². The van der Waals surface area contributed by atoms with Crippen molar-refractivity contribution in [1.29, 1.82) is 0 Å². The molecule has 2 N–H and O–H groups in total. The third-order valence-corrected chi connectivity index (χ3v) is 2.39. The zero-order chi connectivity index (χ0) is 14.6. The van der Waals surface area contributed by atoms with Gasteiger partial charge in [-0.3, -0.25) is 19.7 Å². The van der Waals surface area contributed by atoms with Gasteiger partial charge in [0.1, 0.15) is 17.4 Å². The Morgan fingerprint density at radius 1 is 1.42 bits per heavy atom. The van der Waals surface area contributed by atoms with Crippen LogP contribution >= 0.6 is 0 Å². The molecule has 0 radical (unpaired) electrons. The van der Waals surface area contributed by atoms with E-state index in [1.807, 2.05) is 0 Å². The van der Waals surface area contributed by atoms with Crippen LogP contribution in [-0.2, 0) is 4.79 Å². The lowest BCUT2D eigenvalue weighted by Crippen LogP contribution is -2.43. The highest BCUT2D eigenvalue weighted by atomic mass is 19.1. The predicted octanol–water partition coefficient (Wildman–Crippen LogP) is 0.598. The maximum atomic E-state index is 13.1. The second-order valence-electron chi connectivity index (χ2n) is 3.73. The van der Waals surface area contributed by atoms with Crippen molar-refractivity contribution in [2.45, 2.75) is 13.0 Å². The van der Waals surface area contributed by atoms with Crippen LogP contribution in [0.2, 0.25) is 0 Å². The first-order valence-electron chi connectivity index (χ1n) is 5.33. The Hall–Kier alpha value is -2.51. The van der Waals surface area contributed by atoms with E-state index in [0.717, 1.165) is 18.2 Å². The maximum Gasteiger partial charge on any atom is 0.282 e. The van der Waals surface area contributed by atoms with Gasteiger partial charge in [0.15, 0.2) is 0 Å². The maximum absolute atomic E-state index is 13.1. The first-order chi connectivity index (χ1) is 8.86. The summed E-state index contributed by atoms with van der Waals surface area (Å²) in [5.74, 6) is -2.13. The van der Waals surface area contributed by atoms with Gasteiger partial charge in [-0.1, -0.05) is 0 Å². The van der Waals surface area contributed by atoms with Crippen LogP contribution in [0.25, 0.3) is 0 Å². The summed E-state index contributed by atoms with van der Waals surface area (Å²) < 4.78 is 13.1. The Balaban J connectivity index is 3.02. The van der Waals surface area contributed by atoms with Crippen molar-refractivity contribution < 1.29 is 18.9 Å². The summed E-state index contributed by atoms with van der Waals surface area (Å²) in [4.78, 5) is 33.0. The number of benzene rings is 1. The number of hydrogen-bond acceptors (Lipinski definition) is 4. The second-order valence-corrected chi connectivity index (χ2v) is 3.73. The molecule has 1 unspecified atom stereocenters. The molecule has 0 bridgehead atoms. The van der Waals surface area contributed by atoms with Crippen LogP contribution in [0, 0.1) is 15.9 Å². The molecule has 0 heterocycles. The zero-order valence-electron chi connectivity index (χ0n) is 10.3. The van der Waals surface area contributed by atoms with Crippen LogP contribution < -0.4 is 10.6 Å². The largest absolute Gasteiger partial charge is 0.357 e. The molecule has 0 aliphatic carbocycles. The molecule has 1 rings (SSSR count). The highest BCUT2D eigenvalue weighted by Gasteiger charge is 2.23. The monoisotopic (exact) mass is 269 g/mol. The van der Waals surface area contributed by atoms with Crippen molar-refractivity contribution in [3.63, 3.8) is 0 Å². The van der Waals surface area contributed by atoms with E-state index in [4.69, 9.17) is 0 Å². The number of nitrogens with one attached hydrogen (secondary N) is 2. The molecular weight excluding hydrogens is 257 g/mol. The van der Waals surface area contributed by atoms with Crippen molar-refractivity contribution >= 4 is 17.5 Å². The fourth-order valence-corrected chi connectivity index (χ4v) is 1.41. The highest BCUT2D eigenvalue weighted by molar-refractivity contribution is 6.00. The number of carbonyl (C=O) groups excluding carboxylic acids is 2. The normalized spacial score (nSPS) is 11.5. The third kappa shape index (κ3) is 3.47. The highest BCUT2D eigenvalue weighted by Crippen LogP contribution is 2.19. The van der Waals surface area contributed by atoms with E-state index in [0.29, 0.717) is 0 Å². The van der Waals surface area contributed by atoms with Gasteiger partial charge in [-0.25, -0.2) is 4.39 Å². The first kappa shape index (κ1) is 14.6. The number of rotatable bonds is 4. The Kier molecular flexibility index (Phi) is 4.51. The van der Waals surface area contributed by atoms with Crippen LogP contribution in [0.15, 0.2) is 18.2 Å². The van der Waals surface area contributed by atoms with Gasteiger partial charge < -0.3 is 10.6 Å². The predicted molar refractivity (Wildman–Crippen MR) is 64.0 cm³/mol. The molecule has 2 amide bonds. The summed E-state index contributed by atoms with van der Waals surface area (Å²) in [5, 5.41) is 15.3. The smallest absolute Gasteiger partial charge is 0.282 e. The average Bonchev–Trinajstić information content (AvgIpc) is 2.36. The van der Waals surface area contributed by atoms with E-state index in [2.05, 4.69) is 10.6 Å². The van der Waals surface area contributed by atoms with E-state index in [1.165, 1.54) is 14.0 Å².